The van der Waals surface area contributed by atoms with Crippen molar-refractivity contribution in [3.63, 3.8) is 0 Å². The zero-order chi connectivity index (χ0) is 24.9. The van der Waals surface area contributed by atoms with Gasteiger partial charge < -0.3 is 4.74 Å². The van der Waals surface area contributed by atoms with Crippen molar-refractivity contribution in [1.82, 2.24) is 0 Å². The number of hydrogen-bond donors (Lipinski definition) is 0. The predicted octanol–water partition coefficient (Wildman–Crippen LogP) is 6.68. The summed E-state index contributed by atoms with van der Waals surface area (Å²) in [6.07, 6.45) is -2.42. The molecule has 9 heteroatoms. The van der Waals surface area contributed by atoms with Crippen LogP contribution >= 0.6 is 0 Å². The van der Waals surface area contributed by atoms with E-state index in [9.17, 15) is 29.0 Å². The van der Waals surface area contributed by atoms with Gasteiger partial charge in [0.25, 0.3) is 11.4 Å². The summed E-state index contributed by atoms with van der Waals surface area (Å²) in [7, 11) is 0. The topological polar surface area (TPSA) is 95.5 Å². The van der Waals surface area contributed by atoms with Crippen molar-refractivity contribution < 1.29 is 23.4 Å². The minimum Gasteiger partial charge on any atom is -0.356 e. The van der Waals surface area contributed by atoms with Crippen molar-refractivity contribution in [2.75, 3.05) is 0 Å². The highest BCUT2D eigenvalue weighted by Crippen LogP contribution is 2.41. The van der Waals surface area contributed by atoms with Crippen molar-refractivity contribution in [2.24, 2.45) is 0 Å². The van der Waals surface area contributed by atoms with E-state index < -0.39 is 33.7 Å². The second kappa shape index (κ2) is 10.2. The van der Waals surface area contributed by atoms with Gasteiger partial charge in [0.2, 0.25) is 0 Å². The second-order valence-corrected chi connectivity index (χ2v) is 7.64. The zero-order valence-corrected chi connectivity index (χ0v) is 18.1. The fourth-order valence-corrected chi connectivity index (χ4v) is 3.89. The number of ether oxygens (including phenoxy) is 1. The Labute approximate surface area is 198 Å². The second-order valence-electron chi connectivity index (χ2n) is 7.64. The van der Waals surface area contributed by atoms with E-state index in [1.165, 1.54) is 84.9 Å². The maximum absolute atomic E-state index is 14.2. The molecule has 0 heterocycles. The van der Waals surface area contributed by atoms with Crippen LogP contribution in [0.4, 0.5) is 20.2 Å². The summed E-state index contributed by atoms with van der Waals surface area (Å²) in [6, 6.07) is 22.3. The van der Waals surface area contributed by atoms with Crippen LogP contribution in [0, 0.1) is 31.9 Å². The Balaban J connectivity index is 1.94. The van der Waals surface area contributed by atoms with Crippen molar-refractivity contribution in [3.8, 4) is 0 Å². The van der Waals surface area contributed by atoms with Crippen molar-refractivity contribution in [2.45, 2.75) is 12.2 Å². The maximum atomic E-state index is 14.2. The molecule has 7 nitrogen and oxygen atoms in total. The summed E-state index contributed by atoms with van der Waals surface area (Å²) >= 11 is 0. The monoisotopic (exact) mass is 476 g/mol. The Bertz CT molecular complexity index is 1290. The minimum absolute atomic E-state index is 0.114. The van der Waals surface area contributed by atoms with Gasteiger partial charge in [0, 0.05) is 12.1 Å². The number of nitro benzene ring substituents is 2. The lowest BCUT2D eigenvalue weighted by Gasteiger charge is -2.26. The molecule has 0 saturated carbocycles. The van der Waals surface area contributed by atoms with Gasteiger partial charge in [-0.1, -0.05) is 48.5 Å². The van der Waals surface area contributed by atoms with Crippen molar-refractivity contribution in [3.05, 3.63) is 151 Å². The fourth-order valence-electron chi connectivity index (χ4n) is 3.89. The molecule has 0 aliphatic rings. The summed E-state index contributed by atoms with van der Waals surface area (Å²) < 4.78 is 34.7. The SMILES string of the molecule is O=[N+]([O-])c1ccccc1C(OC(c1cccc(F)c1)c1ccccc1[N+](=O)[O-])c1cccc(F)c1. The lowest BCUT2D eigenvalue weighted by Crippen LogP contribution is -2.16. The Hall–Kier alpha value is -4.50. The van der Waals surface area contributed by atoms with Gasteiger partial charge >= 0.3 is 0 Å². The lowest BCUT2D eigenvalue weighted by molar-refractivity contribution is -0.386. The zero-order valence-electron chi connectivity index (χ0n) is 18.1. The Morgan fingerprint density at radius 2 is 1.00 bits per heavy atom. The molecule has 0 saturated heterocycles. The number of halogens is 2. The Morgan fingerprint density at radius 1 is 0.600 bits per heavy atom. The third-order valence-corrected chi connectivity index (χ3v) is 5.41. The molecule has 0 radical (unpaired) electrons. The number of hydrogen-bond acceptors (Lipinski definition) is 5. The van der Waals surface area contributed by atoms with Crippen LogP contribution in [0.15, 0.2) is 97.1 Å². The van der Waals surface area contributed by atoms with Crippen LogP contribution in [0.2, 0.25) is 0 Å². The molecule has 0 fully saturated rings. The number of nitrogens with zero attached hydrogens (tertiary/aromatic N) is 2. The third kappa shape index (κ3) is 5.20. The molecular formula is C26H18F2N2O5. The molecule has 4 aromatic rings. The van der Waals surface area contributed by atoms with E-state index in [0.29, 0.717) is 0 Å². The number of benzene rings is 4. The molecule has 0 aliphatic carbocycles. The average Bonchev–Trinajstić information content (AvgIpc) is 2.84. The smallest absolute Gasteiger partial charge is 0.275 e. The van der Waals surface area contributed by atoms with Crippen molar-refractivity contribution in [1.29, 1.82) is 0 Å². The number of para-hydroxylation sites is 2. The molecule has 2 atom stereocenters. The molecule has 0 N–H and O–H groups in total. The number of rotatable bonds is 8. The van der Waals surface area contributed by atoms with E-state index in [1.54, 1.807) is 12.1 Å². The first-order valence-corrected chi connectivity index (χ1v) is 10.5. The molecular weight excluding hydrogens is 458 g/mol. The van der Waals surface area contributed by atoms with E-state index >= 15 is 0 Å². The van der Waals surface area contributed by atoms with E-state index in [2.05, 4.69) is 0 Å². The standard InChI is InChI=1S/C26H18F2N2O5/c27-19-9-5-7-17(15-19)25(21-11-1-3-13-23(21)29(31)32)35-26(18-8-6-10-20(28)16-18)22-12-2-4-14-24(22)30(33)34/h1-16,25-26H. The van der Waals surface area contributed by atoms with Crippen LogP contribution in [0.5, 0.6) is 0 Å². The highest BCUT2D eigenvalue weighted by Gasteiger charge is 2.31. The van der Waals surface area contributed by atoms with Gasteiger partial charge in [-0.2, -0.15) is 0 Å². The molecule has 35 heavy (non-hydrogen) atoms. The van der Waals surface area contributed by atoms with Gasteiger partial charge in [-0.05, 0) is 47.5 Å². The van der Waals surface area contributed by atoms with Crippen LogP contribution in [-0.4, -0.2) is 9.85 Å². The normalized spacial score (nSPS) is 12.6. The maximum Gasteiger partial charge on any atom is 0.275 e. The molecule has 0 aromatic heterocycles. The summed E-state index contributed by atoms with van der Waals surface area (Å²) in [5.41, 5.74) is 0.175. The third-order valence-electron chi connectivity index (χ3n) is 5.41. The quantitative estimate of drug-likeness (QED) is 0.209. The van der Waals surface area contributed by atoms with Gasteiger partial charge in [0.05, 0.1) is 21.0 Å². The molecule has 176 valence electrons. The average molecular weight is 476 g/mol. The minimum atomic E-state index is -1.21. The summed E-state index contributed by atoms with van der Waals surface area (Å²) in [4.78, 5) is 22.4. The molecule has 0 bridgehead atoms. The van der Waals surface area contributed by atoms with E-state index in [1.807, 2.05) is 0 Å². The van der Waals surface area contributed by atoms with Crippen LogP contribution in [0.3, 0.4) is 0 Å². The van der Waals surface area contributed by atoms with Crippen LogP contribution in [-0.2, 0) is 4.74 Å². The summed E-state index contributed by atoms with van der Waals surface area (Å²) in [5.74, 6) is -1.19. The van der Waals surface area contributed by atoms with Gasteiger partial charge in [-0.25, -0.2) is 8.78 Å². The first-order chi connectivity index (χ1) is 16.8. The van der Waals surface area contributed by atoms with Gasteiger partial charge in [-0.15, -0.1) is 0 Å². The van der Waals surface area contributed by atoms with Crippen molar-refractivity contribution >= 4 is 11.4 Å². The van der Waals surface area contributed by atoms with Crippen LogP contribution in [0.25, 0.3) is 0 Å². The highest BCUT2D eigenvalue weighted by atomic mass is 19.1. The Morgan fingerprint density at radius 3 is 1.37 bits per heavy atom. The Kier molecular flexibility index (Phi) is 6.88. The molecule has 4 rings (SSSR count). The highest BCUT2D eigenvalue weighted by molar-refractivity contribution is 5.48. The predicted molar refractivity (Wildman–Crippen MR) is 124 cm³/mol. The molecule has 0 spiro atoms. The van der Waals surface area contributed by atoms with Gasteiger partial charge in [0.1, 0.15) is 23.8 Å². The fraction of sp³-hybridized carbons (Fsp3) is 0.0769. The number of nitro groups is 2. The molecule has 0 amide bonds. The first-order valence-electron chi connectivity index (χ1n) is 10.5. The molecule has 0 aliphatic heterocycles. The van der Waals surface area contributed by atoms with Gasteiger partial charge in [0.15, 0.2) is 0 Å². The van der Waals surface area contributed by atoms with Crippen LogP contribution in [0.1, 0.15) is 34.5 Å². The lowest BCUT2D eigenvalue weighted by atomic mass is 9.96. The van der Waals surface area contributed by atoms with E-state index in [0.717, 1.165) is 0 Å². The van der Waals surface area contributed by atoms with Gasteiger partial charge in [-0.3, -0.25) is 20.2 Å². The first kappa shape index (κ1) is 23.7. The van der Waals surface area contributed by atoms with E-state index in [-0.39, 0.29) is 33.6 Å². The largest absolute Gasteiger partial charge is 0.356 e. The summed E-state index contributed by atoms with van der Waals surface area (Å²) in [6.45, 7) is 0. The summed E-state index contributed by atoms with van der Waals surface area (Å²) in [5, 5.41) is 23.6. The molecule has 2 unspecified atom stereocenters. The molecule has 4 aromatic carbocycles. The van der Waals surface area contributed by atoms with E-state index in [4.69, 9.17) is 4.74 Å². The van der Waals surface area contributed by atoms with Crippen LogP contribution < -0.4 is 0 Å².